The molecule has 0 saturated carbocycles. The Morgan fingerprint density at radius 3 is 2.81 bits per heavy atom. The summed E-state index contributed by atoms with van der Waals surface area (Å²) in [5.74, 6) is 0.727. The number of likely N-dealkylation sites (tertiary alicyclic amines) is 1. The summed E-state index contributed by atoms with van der Waals surface area (Å²) in [6, 6.07) is 14.3. The Hall–Kier alpha value is -2.31. The van der Waals surface area contributed by atoms with Crippen molar-refractivity contribution in [1.82, 2.24) is 9.88 Å². The van der Waals surface area contributed by atoms with Gasteiger partial charge in [0, 0.05) is 25.7 Å². The first-order valence-corrected chi connectivity index (χ1v) is 9.73. The van der Waals surface area contributed by atoms with Gasteiger partial charge in [0.1, 0.15) is 0 Å². The second kappa shape index (κ2) is 7.51. The van der Waals surface area contributed by atoms with Crippen LogP contribution in [0.15, 0.2) is 42.5 Å². The summed E-state index contributed by atoms with van der Waals surface area (Å²) in [4.78, 5) is 7.12. The van der Waals surface area contributed by atoms with Crippen molar-refractivity contribution in [2.75, 3.05) is 25.5 Å². The summed E-state index contributed by atoms with van der Waals surface area (Å²) in [5.41, 5.74) is 2.23. The number of para-hydroxylation sites is 1. The van der Waals surface area contributed by atoms with E-state index in [0.29, 0.717) is 11.8 Å². The Labute approximate surface area is 157 Å². The van der Waals surface area contributed by atoms with Gasteiger partial charge in [-0.2, -0.15) is 0 Å². The van der Waals surface area contributed by atoms with Gasteiger partial charge in [-0.25, -0.2) is 4.98 Å². The number of hydrogen-bond acceptors (Lipinski definition) is 6. The highest BCUT2D eigenvalue weighted by atomic mass is 32.1. The Balaban J connectivity index is 1.32. The number of piperidine rings is 1. The molecule has 26 heavy (non-hydrogen) atoms. The maximum Gasteiger partial charge on any atom is 0.184 e. The third kappa shape index (κ3) is 3.76. The second-order valence-corrected chi connectivity index (χ2v) is 7.72. The van der Waals surface area contributed by atoms with Crippen molar-refractivity contribution in [3.05, 3.63) is 48.0 Å². The van der Waals surface area contributed by atoms with E-state index in [4.69, 9.17) is 4.74 Å². The van der Waals surface area contributed by atoms with Crippen LogP contribution in [0.2, 0.25) is 0 Å². The molecule has 1 aliphatic heterocycles. The van der Waals surface area contributed by atoms with Crippen molar-refractivity contribution in [3.8, 4) is 11.5 Å². The van der Waals surface area contributed by atoms with Gasteiger partial charge < -0.3 is 15.2 Å². The number of hydrogen-bond donors (Lipinski definition) is 2. The maximum atomic E-state index is 9.72. The molecule has 2 N–H and O–H groups in total. The summed E-state index contributed by atoms with van der Waals surface area (Å²) < 4.78 is 6.43. The first-order valence-electron chi connectivity index (χ1n) is 8.91. The minimum atomic E-state index is 0.190. The molecule has 0 bridgehead atoms. The molecule has 2 aromatic carbocycles. The highest BCUT2D eigenvalue weighted by molar-refractivity contribution is 7.22. The number of benzene rings is 2. The second-order valence-electron chi connectivity index (χ2n) is 6.69. The first-order chi connectivity index (χ1) is 12.7. The Kier molecular flexibility index (Phi) is 4.95. The van der Waals surface area contributed by atoms with Gasteiger partial charge >= 0.3 is 0 Å². The Morgan fingerprint density at radius 2 is 2.04 bits per heavy atom. The first kappa shape index (κ1) is 17.1. The van der Waals surface area contributed by atoms with E-state index in [1.54, 1.807) is 24.5 Å². The molecule has 136 valence electrons. The van der Waals surface area contributed by atoms with E-state index in [1.807, 2.05) is 18.2 Å². The van der Waals surface area contributed by atoms with Gasteiger partial charge in [-0.3, -0.25) is 4.90 Å². The van der Waals surface area contributed by atoms with Gasteiger partial charge in [-0.1, -0.05) is 29.5 Å². The average molecular weight is 369 g/mol. The molecule has 3 aromatic rings. The molecular formula is C20H23N3O2S. The molecule has 1 aromatic heterocycles. The quantitative estimate of drug-likeness (QED) is 0.709. The van der Waals surface area contributed by atoms with Crippen molar-refractivity contribution in [3.63, 3.8) is 0 Å². The third-order valence-corrected chi connectivity index (χ3v) is 5.83. The number of methoxy groups -OCH3 is 1. The SMILES string of the molecule is COc1cc(CN2CCC(Nc3nc4ccccc4s3)CC2)ccc1O. The number of phenols is 1. The molecule has 0 unspecified atom stereocenters. The van der Waals surface area contributed by atoms with E-state index < -0.39 is 0 Å². The largest absolute Gasteiger partial charge is 0.504 e. The fourth-order valence-corrected chi connectivity index (χ4v) is 4.37. The number of nitrogens with zero attached hydrogens (tertiary/aromatic N) is 2. The number of anilines is 1. The number of aromatic hydroxyl groups is 1. The molecule has 5 nitrogen and oxygen atoms in total. The molecule has 0 aliphatic carbocycles. The lowest BCUT2D eigenvalue weighted by Crippen LogP contribution is -2.38. The summed E-state index contributed by atoms with van der Waals surface area (Å²) >= 11 is 1.73. The van der Waals surface area contributed by atoms with Gasteiger partial charge in [0.05, 0.1) is 17.3 Å². The van der Waals surface area contributed by atoms with Crippen LogP contribution in [0.4, 0.5) is 5.13 Å². The third-order valence-electron chi connectivity index (χ3n) is 4.86. The number of nitrogens with one attached hydrogen (secondary N) is 1. The van der Waals surface area contributed by atoms with Crippen LogP contribution in [-0.4, -0.2) is 41.2 Å². The maximum absolute atomic E-state index is 9.72. The smallest absolute Gasteiger partial charge is 0.184 e. The number of phenolic OH excluding ortho intramolecular Hbond substituents is 1. The number of ether oxygens (including phenoxy) is 1. The van der Waals surface area contributed by atoms with Gasteiger partial charge in [0.15, 0.2) is 16.6 Å². The molecule has 0 amide bonds. The van der Waals surface area contributed by atoms with Crippen LogP contribution < -0.4 is 10.1 Å². The summed E-state index contributed by atoms with van der Waals surface area (Å²) in [7, 11) is 1.58. The van der Waals surface area contributed by atoms with Crippen molar-refractivity contribution >= 4 is 26.7 Å². The van der Waals surface area contributed by atoms with E-state index >= 15 is 0 Å². The fourth-order valence-electron chi connectivity index (χ4n) is 3.42. The lowest BCUT2D eigenvalue weighted by Gasteiger charge is -2.32. The molecule has 1 fully saturated rings. The molecule has 2 heterocycles. The molecule has 6 heteroatoms. The predicted octanol–water partition coefficient (Wildman–Crippen LogP) is 4.09. The molecule has 4 rings (SSSR count). The number of fused-ring (bicyclic) bond motifs is 1. The van der Waals surface area contributed by atoms with Crippen LogP contribution >= 0.6 is 11.3 Å². The lowest BCUT2D eigenvalue weighted by atomic mass is 10.0. The molecule has 1 aliphatic rings. The Bertz CT molecular complexity index is 855. The molecule has 0 spiro atoms. The number of rotatable bonds is 5. The van der Waals surface area contributed by atoms with E-state index in [2.05, 4.69) is 33.4 Å². The molecular weight excluding hydrogens is 346 g/mol. The standard InChI is InChI=1S/C20H23N3O2S/c1-25-18-12-14(6-7-17(18)24)13-23-10-8-15(9-11-23)21-20-22-16-4-2-3-5-19(16)26-20/h2-7,12,15,24H,8-11,13H2,1H3,(H,21,22). The Morgan fingerprint density at radius 1 is 1.23 bits per heavy atom. The zero-order valence-corrected chi connectivity index (χ0v) is 15.6. The van der Waals surface area contributed by atoms with Crippen molar-refractivity contribution in [2.24, 2.45) is 0 Å². The van der Waals surface area contributed by atoms with Crippen molar-refractivity contribution < 1.29 is 9.84 Å². The summed E-state index contributed by atoms with van der Waals surface area (Å²) in [5, 5.41) is 14.3. The highest BCUT2D eigenvalue weighted by Crippen LogP contribution is 2.29. The van der Waals surface area contributed by atoms with Crippen molar-refractivity contribution in [1.29, 1.82) is 0 Å². The summed E-state index contributed by atoms with van der Waals surface area (Å²) in [6.45, 7) is 2.97. The molecule has 0 atom stereocenters. The topological polar surface area (TPSA) is 57.6 Å². The molecule has 1 saturated heterocycles. The molecule has 0 radical (unpaired) electrons. The predicted molar refractivity (Wildman–Crippen MR) is 106 cm³/mol. The zero-order valence-electron chi connectivity index (χ0n) is 14.8. The van der Waals surface area contributed by atoms with Gasteiger partial charge in [-0.15, -0.1) is 0 Å². The van der Waals surface area contributed by atoms with Crippen LogP contribution in [0.5, 0.6) is 11.5 Å². The fraction of sp³-hybridized carbons (Fsp3) is 0.350. The number of aromatic nitrogens is 1. The monoisotopic (exact) mass is 369 g/mol. The highest BCUT2D eigenvalue weighted by Gasteiger charge is 2.20. The minimum absolute atomic E-state index is 0.190. The zero-order chi connectivity index (χ0) is 17.9. The van der Waals surface area contributed by atoms with E-state index in [-0.39, 0.29) is 5.75 Å². The van der Waals surface area contributed by atoms with Crippen LogP contribution in [-0.2, 0) is 6.54 Å². The average Bonchev–Trinajstić information content (AvgIpc) is 3.07. The van der Waals surface area contributed by atoms with E-state index in [0.717, 1.165) is 48.7 Å². The van der Waals surface area contributed by atoms with Gasteiger partial charge in [-0.05, 0) is 42.7 Å². The van der Waals surface area contributed by atoms with Gasteiger partial charge in [0.25, 0.3) is 0 Å². The van der Waals surface area contributed by atoms with Crippen LogP contribution in [0.3, 0.4) is 0 Å². The van der Waals surface area contributed by atoms with Crippen LogP contribution in [0, 0.1) is 0 Å². The van der Waals surface area contributed by atoms with Crippen LogP contribution in [0.25, 0.3) is 10.2 Å². The normalized spacial score (nSPS) is 16.0. The number of thiazole rings is 1. The van der Waals surface area contributed by atoms with E-state index in [9.17, 15) is 5.11 Å². The lowest BCUT2D eigenvalue weighted by molar-refractivity contribution is 0.211. The summed E-state index contributed by atoms with van der Waals surface area (Å²) in [6.07, 6.45) is 2.20. The van der Waals surface area contributed by atoms with Gasteiger partial charge in [0.2, 0.25) is 0 Å². The van der Waals surface area contributed by atoms with Crippen LogP contribution in [0.1, 0.15) is 18.4 Å². The minimum Gasteiger partial charge on any atom is -0.504 e. The van der Waals surface area contributed by atoms with E-state index in [1.165, 1.54) is 4.70 Å². The van der Waals surface area contributed by atoms with Crippen molar-refractivity contribution in [2.45, 2.75) is 25.4 Å².